The minimum atomic E-state index is -2.49. The molecule has 0 unspecified atom stereocenters. The highest BCUT2D eigenvalue weighted by atomic mass is 79.9. The van der Waals surface area contributed by atoms with Gasteiger partial charge in [-0.15, -0.1) is 0 Å². The van der Waals surface area contributed by atoms with Gasteiger partial charge in [0.25, 0.3) is 6.43 Å². The van der Waals surface area contributed by atoms with Crippen LogP contribution >= 0.6 is 15.9 Å². The zero-order valence-electron chi connectivity index (χ0n) is 8.88. The van der Waals surface area contributed by atoms with E-state index in [0.29, 0.717) is 23.4 Å². The third kappa shape index (κ3) is 3.63. The predicted molar refractivity (Wildman–Crippen MR) is 61.7 cm³/mol. The van der Waals surface area contributed by atoms with Crippen molar-refractivity contribution in [2.24, 2.45) is 0 Å². The number of para-hydroxylation sites is 1. The van der Waals surface area contributed by atoms with Gasteiger partial charge in [0.1, 0.15) is 6.61 Å². The molecule has 0 aromatic heterocycles. The Hall–Kier alpha value is -0.840. The third-order valence-corrected chi connectivity index (χ3v) is 2.46. The number of benzene rings is 1. The molecule has 0 saturated heterocycles. The summed E-state index contributed by atoms with van der Waals surface area (Å²) in [7, 11) is 0. The number of ether oxygens (including phenoxy) is 2. The number of hydrogen-bond acceptors (Lipinski definition) is 2. The van der Waals surface area contributed by atoms with Crippen molar-refractivity contribution < 1.29 is 18.3 Å². The Morgan fingerprint density at radius 3 is 2.62 bits per heavy atom. The Bertz CT molecular complexity index is 332. The summed E-state index contributed by atoms with van der Waals surface area (Å²) in [5, 5.41) is 0.534. The lowest BCUT2D eigenvalue weighted by molar-refractivity contribution is 0.0797. The molecule has 0 aliphatic heterocycles. The van der Waals surface area contributed by atoms with E-state index in [-0.39, 0.29) is 0 Å². The van der Waals surface area contributed by atoms with Crippen molar-refractivity contribution in [1.82, 2.24) is 0 Å². The summed E-state index contributed by atoms with van der Waals surface area (Å²) in [4.78, 5) is 0. The van der Waals surface area contributed by atoms with Crippen LogP contribution < -0.4 is 9.47 Å². The zero-order chi connectivity index (χ0) is 12.0. The van der Waals surface area contributed by atoms with Crippen LogP contribution in [0.4, 0.5) is 8.78 Å². The zero-order valence-corrected chi connectivity index (χ0v) is 10.5. The minimum Gasteiger partial charge on any atom is -0.490 e. The average molecular weight is 295 g/mol. The summed E-state index contributed by atoms with van der Waals surface area (Å²) in [6.45, 7) is 1.68. The molecule has 0 amide bonds. The minimum absolute atomic E-state index is 0.390. The molecule has 0 heterocycles. The lowest BCUT2D eigenvalue weighted by Gasteiger charge is -2.14. The first kappa shape index (κ1) is 13.2. The molecule has 0 N–H and O–H groups in total. The van der Waals surface area contributed by atoms with Gasteiger partial charge in [-0.25, -0.2) is 8.78 Å². The Kier molecular flexibility index (Phi) is 5.52. The normalized spacial score (nSPS) is 10.6. The first-order valence-electron chi connectivity index (χ1n) is 4.90. The molecule has 16 heavy (non-hydrogen) atoms. The van der Waals surface area contributed by atoms with Crippen molar-refractivity contribution >= 4 is 15.9 Å². The standard InChI is InChI=1S/C11H13BrF2O2/c1-2-15-9-5-3-4-8(6-12)11(9)16-7-10(13)14/h3-5,10H,2,6-7H2,1H3. The Balaban J connectivity index is 2.90. The van der Waals surface area contributed by atoms with E-state index in [4.69, 9.17) is 9.47 Å². The number of alkyl halides is 3. The first-order chi connectivity index (χ1) is 7.69. The molecule has 1 aromatic rings. The van der Waals surface area contributed by atoms with E-state index in [0.717, 1.165) is 5.56 Å². The maximum Gasteiger partial charge on any atom is 0.272 e. The van der Waals surface area contributed by atoms with E-state index in [9.17, 15) is 8.78 Å². The molecular weight excluding hydrogens is 282 g/mol. The van der Waals surface area contributed by atoms with Crippen LogP contribution in [0.15, 0.2) is 18.2 Å². The highest BCUT2D eigenvalue weighted by Gasteiger charge is 2.12. The maximum atomic E-state index is 12.1. The van der Waals surface area contributed by atoms with Crippen molar-refractivity contribution in [3.8, 4) is 11.5 Å². The van der Waals surface area contributed by atoms with Crippen LogP contribution in [-0.2, 0) is 5.33 Å². The summed E-state index contributed by atoms with van der Waals surface area (Å²) in [6, 6.07) is 5.31. The van der Waals surface area contributed by atoms with Crippen molar-refractivity contribution in [1.29, 1.82) is 0 Å². The predicted octanol–water partition coefficient (Wildman–Crippen LogP) is 3.62. The van der Waals surface area contributed by atoms with E-state index in [1.54, 1.807) is 18.2 Å². The summed E-state index contributed by atoms with van der Waals surface area (Å²) in [6.07, 6.45) is -2.49. The lowest BCUT2D eigenvalue weighted by atomic mass is 10.2. The van der Waals surface area contributed by atoms with Crippen LogP contribution in [-0.4, -0.2) is 19.6 Å². The fraction of sp³-hybridized carbons (Fsp3) is 0.455. The Morgan fingerprint density at radius 1 is 1.31 bits per heavy atom. The molecule has 0 radical (unpaired) electrons. The van der Waals surface area contributed by atoms with Crippen LogP contribution in [0.5, 0.6) is 11.5 Å². The molecule has 0 spiro atoms. The Morgan fingerprint density at radius 2 is 2.06 bits per heavy atom. The van der Waals surface area contributed by atoms with Crippen molar-refractivity contribution in [2.45, 2.75) is 18.7 Å². The molecule has 5 heteroatoms. The highest BCUT2D eigenvalue weighted by molar-refractivity contribution is 9.08. The van der Waals surface area contributed by atoms with E-state index < -0.39 is 13.0 Å². The van der Waals surface area contributed by atoms with Crippen LogP contribution in [0, 0.1) is 0 Å². The Labute approximate surface area is 102 Å². The topological polar surface area (TPSA) is 18.5 Å². The van der Waals surface area contributed by atoms with Gasteiger partial charge in [-0.3, -0.25) is 0 Å². The maximum absolute atomic E-state index is 12.1. The van der Waals surface area contributed by atoms with E-state index in [1.165, 1.54) is 0 Å². The summed E-state index contributed by atoms with van der Waals surface area (Å²) >= 11 is 3.28. The van der Waals surface area contributed by atoms with Gasteiger partial charge in [0, 0.05) is 10.9 Å². The van der Waals surface area contributed by atoms with Gasteiger partial charge in [0.05, 0.1) is 6.61 Å². The smallest absolute Gasteiger partial charge is 0.272 e. The molecular formula is C11H13BrF2O2. The summed E-state index contributed by atoms with van der Waals surface area (Å²) in [5.41, 5.74) is 0.798. The van der Waals surface area contributed by atoms with E-state index >= 15 is 0 Å². The number of halogens is 3. The molecule has 0 fully saturated rings. The van der Waals surface area contributed by atoms with Gasteiger partial charge in [-0.2, -0.15) is 0 Å². The second-order valence-corrected chi connectivity index (χ2v) is 3.57. The third-order valence-electron chi connectivity index (χ3n) is 1.86. The van der Waals surface area contributed by atoms with Crippen LogP contribution in [0.25, 0.3) is 0 Å². The van der Waals surface area contributed by atoms with E-state index in [1.807, 2.05) is 6.92 Å². The van der Waals surface area contributed by atoms with Gasteiger partial charge in [-0.05, 0) is 13.0 Å². The monoisotopic (exact) mass is 294 g/mol. The molecule has 0 atom stereocenters. The largest absolute Gasteiger partial charge is 0.490 e. The second kappa shape index (κ2) is 6.68. The van der Waals surface area contributed by atoms with Gasteiger partial charge < -0.3 is 9.47 Å². The van der Waals surface area contributed by atoms with Gasteiger partial charge in [0.15, 0.2) is 11.5 Å². The summed E-state index contributed by atoms with van der Waals surface area (Å²) < 4.78 is 34.6. The molecule has 0 bridgehead atoms. The summed E-state index contributed by atoms with van der Waals surface area (Å²) in [5.74, 6) is 0.890. The van der Waals surface area contributed by atoms with Crippen molar-refractivity contribution in [3.05, 3.63) is 23.8 Å². The van der Waals surface area contributed by atoms with Gasteiger partial charge in [-0.1, -0.05) is 28.1 Å². The van der Waals surface area contributed by atoms with Crippen molar-refractivity contribution in [3.63, 3.8) is 0 Å². The quantitative estimate of drug-likeness (QED) is 0.746. The fourth-order valence-electron chi connectivity index (χ4n) is 1.25. The van der Waals surface area contributed by atoms with Crippen LogP contribution in [0.2, 0.25) is 0 Å². The second-order valence-electron chi connectivity index (χ2n) is 3.01. The SMILES string of the molecule is CCOc1cccc(CBr)c1OCC(F)F. The first-order valence-corrected chi connectivity index (χ1v) is 6.02. The van der Waals surface area contributed by atoms with Crippen molar-refractivity contribution in [2.75, 3.05) is 13.2 Å². The number of rotatable bonds is 6. The molecule has 1 rings (SSSR count). The molecule has 1 aromatic carbocycles. The molecule has 0 aliphatic carbocycles. The molecule has 0 saturated carbocycles. The highest BCUT2D eigenvalue weighted by Crippen LogP contribution is 2.32. The van der Waals surface area contributed by atoms with Gasteiger partial charge >= 0.3 is 0 Å². The molecule has 0 aliphatic rings. The molecule has 2 nitrogen and oxygen atoms in total. The molecule has 90 valence electrons. The van der Waals surface area contributed by atoms with Gasteiger partial charge in [0.2, 0.25) is 0 Å². The number of hydrogen-bond donors (Lipinski definition) is 0. The van der Waals surface area contributed by atoms with Crippen LogP contribution in [0.3, 0.4) is 0 Å². The fourth-order valence-corrected chi connectivity index (χ4v) is 1.69. The lowest BCUT2D eigenvalue weighted by Crippen LogP contribution is -2.09. The van der Waals surface area contributed by atoms with E-state index in [2.05, 4.69) is 15.9 Å². The average Bonchev–Trinajstić information content (AvgIpc) is 2.27. The van der Waals surface area contributed by atoms with Crippen LogP contribution in [0.1, 0.15) is 12.5 Å².